The summed E-state index contributed by atoms with van der Waals surface area (Å²) in [5.74, 6) is -1.26. The summed E-state index contributed by atoms with van der Waals surface area (Å²) in [5.41, 5.74) is 11.4. The zero-order valence-electron chi connectivity index (χ0n) is 40.0. The second-order valence-electron chi connectivity index (χ2n) is 18.8. The van der Waals surface area contributed by atoms with Crippen molar-refractivity contribution >= 4 is 46.5 Å². The fourth-order valence-electron chi connectivity index (χ4n) is 10.1. The number of anilines is 4. The van der Waals surface area contributed by atoms with E-state index in [1.165, 1.54) is 43.5 Å². The van der Waals surface area contributed by atoms with E-state index in [-0.39, 0.29) is 47.7 Å². The van der Waals surface area contributed by atoms with Gasteiger partial charge in [-0.2, -0.15) is 0 Å². The largest absolute Gasteiger partial charge is 0.507 e. The molecule has 70 heavy (non-hydrogen) atoms. The Hall–Kier alpha value is -7.08. The molecule has 4 aliphatic heterocycles. The number of benzene rings is 3. The zero-order valence-corrected chi connectivity index (χ0v) is 40.0. The third-order valence-corrected chi connectivity index (χ3v) is 14.1. The summed E-state index contributed by atoms with van der Waals surface area (Å²) in [6.07, 6.45) is 12.9. The van der Waals surface area contributed by atoms with E-state index < -0.39 is 29.7 Å². The first-order chi connectivity index (χ1) is 34.1. The Morgan fingerprint density at radius 2 is 1.50 bits per heavy atom. The number of phenolic OH excluding ortho intramolecular Hbond substituents is 1. The minimum absolute atomic E-state index is 0.0509. The molecule has 6 heterocycles. The number of piperazine rings is 1. The standard InChI is InChI=1S/C52H64N12O6/c1-2-40(54-41-17-12-16-39-48(41)52(69)64(51(39)68)44-23-24-47(66)55-50(44)67)43-34-63(59-57-43)27-11-7-5-3-4-6-10-25-60-28-30-61(31-29-60)35-19-21-36(22-20-35)62-26-13-14-37(33-62)70-46-32-42(56-58-49(46)53)38-15-8-9-18-45(38)65/h8-9,12,15-22,32,34,37,40,44,54,65H,2-7,10-11,13-14,23-31,33H2,1H3,(H2,53,58)(H,55,66,67). The molecule has 9 rings (SSSR count). The number of hydrogen-bond donors (Lipinski definition) is 4. The normalized spacial score (nSPS) is 19.1. The van der Waals surface area contributed by atoms with Crippen LogP contribution in [0.1, 0.15) is 116 Å². The fourth-order valence-corrected chi connectivity index (χ4v) is 10.1. The van der Waals surface area contributed by atoms with Gasteiger partial charge in [-0.15, -0.1) is 15.3 Å². The van der Waals surface area contributed by atoms with E-state index in [4.69, 9.17) is 10.5 Å². The molecule has 0 radical (unpaired) electrons. The van der Waals surface area contributed by atoms with Gasteiger partial charge in [-0.25, -0.2) is 0 Å². The van der Waals surface area contributed by atoms with Crippen LogP contribution in [0.15, 0.2) is 79.0 Å². The molecule has 3 unspecified atom stereocenters. The van der Waals surface area contributed by atoms with Crippen LogP contribution >= 0.6 is 0 Å². The van der Waals surface area contributed by atoms with Crippen molar-refractivity contribution < 1.29 is 29.0 Å². The maximum Gasteiger partial charge on any atom is 0.264 e. The molecule has 2 aromatic heterocycles. The lowest BCUT2D eigenvalue weighted by atomic mass is 10.0. The van der Waals surface area contributed by atoms with E-state index in [1.807, 2.05) is 23.9 Å². The van der Waals surface area contributed by atoms with Crippen LogP contribution in [0, 0.1) is 0 Å². The lowest BCUT2D eigenvalue weighted by Gasteiger charge is -2.37. The van der Waals surface area contributed by atoms with E-state index in [0.29, 0.717) is 29.1 Å². The first kappa shape index (κ1) is 48.0. The number of phenols is 1. The third kappa shape index (κ3) is 11.0. The van der Waals surface area contributed by atoms with Crippen molar-refractivity contribution in [3.05, 3.63) is 95.8 Å². The number of aromatic hydroxyl groups is 1. The molecule has 0 bridgehead atoms. The SMILES string of the molecule is CCC(Nc1cccc2c1C(=O)N(C1CCC(=O)NC1=O)C2=O)c1cn(CCCCCCCCCN2CCN(c3ccc(N4CCCC(Oc5cc(-c6ccccc6O)nnc5N)C4)cc3)CC2)nn1. The number of nitrogen functional groups attached to an aromatic ring is 1. The minimum atomic E-state index is -1.02. The number of aryl methyl sites for hydroxylation is 1. The lowest BCUT2D eigenvalue weighted by Crippen LogP contribution is -2.54. The highest BCUT2D eigenvalue weighted by Crippen LogP contribution is 2.36. The molecule has 4 amide bonds. The number of para-hydroxylation sites is 1. The number of nitrogens with one attached hydrogen (secondary N) is 2. The Morgan fingerprint density at radius 3 is 2.24 bits per heavy atom. The molecule has 368 valence electrons. The summed E-state index contributed by atoms with van der Waals surface area (Å²) in [7, 11) is 0. The number of fused-ring (bicyclic) bond motifs is 1. The molecule has 0 aliphatic carbocycles. The Morgan fingerprint density at radius 1 is 0.786 bits per heavy atom. The van der Waals surface area contributed by atoms with Crippen molar-refractivity contribution in [1.82, 2.24) is 40.3 Å². The Bertz CT molecular complexity index is 2650. The quantitative estimate of drug-likeness (QED) is 0.0478. The van der Waals surface area contributed by atoms with Crippen molar-refractivity contribution in [2.24, 2.45) is 0 Å². The number of nitrogens with two attached hydrogens (primary N) is 1. The highest BCUT2D eigenvalue weighted by Gasteiger charge is 2.46. The summed E-state index contributed by atoms with van der Waals surface area (Å²) in [4.78, 5) is 59.6. The molecule has 18 nitrogen and oxygen atoms in total. The summed E-state index contributed by atoms with van der Waals surface area (Å²) >= 11 is 0. The number of nitrogens with zero attached hydrogens (tertiary/aromatic N) is 9. The molecule has 18 heteroatoms. The first-order valence-electron chi connectivity index (χ1n) is 25.0. The molecule has 4 aliphatic rings. The molecule has 3 fully saturated rings. The van der Waals surface area contributed by atoms with Gasteiger partial charge in [0.2, 0.25) is 11.8 Å². The van der Waals surface area contributed by atoms with Crippen molar-refractivity contribution in [2.45, 2.75) is 109 Å². The Kier molecular flexibility index (Phi) is 15.2. The fraction of sp³-hybridized carbons (Fsp3) is 0.462. The molecular formula is C52H64N12O6. The molecule has 0 spiro atoms. The second kappa shape index (κ2) is 22.1. The highest BCUT2D eigenvalue weighted by molar-refractivity contribution is 6.25. The first-order valence-corrected chi connectivity index (χ1v) is 25.0. The summed E-state index contributed by atoms with van der Waals surface area (Å²) in [5, 5.41) is 33.1. The molecule has 3 aromatic carbocycles. The van der Waals surface area contributed by atoms with Crippen LogP contribution in [-0.4, -0.2) is 122 Å². The highest BCUT2D eigenvalue weighted by atomic mass is 16.5. The Labute approximate surface area is 408 Å². The van der Waals surface area contributed by atoms with Crippen molar-refractivity contribution in [3.8, 4) is 22.8 Å². The van der Waals surface area contributed by atoms with E-state index in [1.54, 1.807) is 42.5 Å². The lowest BCUT2D eigenvalue weighted by molar-refractivity contribution is -0.136. The number of aromatic nitrogens is 5. The van der Waals surface area contributed by atoms with E-state index in [2.05, 4.69) is 70.1 Å². The maximum absolute atomic E-state index is 13.6. The molecular weight excluding hydrogens is 889 g/mol. The van der Waals surface area contributed by atoms with Crippen molar-refractivity contribution in [1.29, 1.82) is 0 Å². The maximum atomic E-state index is 13.6. The number of unbranched alkanes of at least 4 members (excludes halogenated alkanes) is 6. The van der Waals surface area contributed by atoms with Gasteiger partial charge in [0.15, 0.2) is 11.6 Å². The van der Waals surface area contributed by atoms with E-state index in [0.717, 1.165) is 88.6 Å². The third-order valence-electron chi connectivity index (χ3n) is 14.1. The number of hydrogen-bond acceptors (Lipinski definition) is 15. The number of amides is 4. The van der Waals surface area contributed by atoms with Gasteiger partial charge in [0, 0.05) is 74.4 Å². The van der Waals surface area contributed by atoms with Crippen LogP contribution in [0.25, 0.3) is 11.3 Å². The summed E-state index contributed by atoms with van der Waals surface area (Å²) in [6, 6.07) is 21.6. The molecule has 5 N–H and O–H groups in total. The zero-order chi connectivity index (χ0) is 48.6. The predicted octanol–water partition coefficient (Wildman–Crippen LogP) is 6.59. The number of carbonyl (C=O) groups is 4. The molecule has 3 atom stereocenters. The van der Waals surface area contributed by atoms with Gasteiger partial charge in [0.25, 0.3) is 11.8 Å². The average molecular weight is 953 g/mol. The summed E-state index contributed by atoms with van der Waals surface area (Å²) < 4.78 is 8.28. The van der Waals surface area contributed by atoms with Gasteiger partial charge >= 0.3 is 0 Å². The molecule has 3 saturated heterocycles. The van der Waals surface area contributed by atoms with Gasteiger partial charge in [0.05, 0.1) is 29.9 Å². The van der Waals surface area contributed by atoms with Crippen molar-refractivity contribution in [3.63, 3.8) is 0 Å². The molecule has 5 aromatic rings. The van der Waals surface area contributed by atoms with Crippen LogP contribution in [0.5, 0.6) is 11.5 Å². The summed E-state index contributed by atoms with van der Waals surface area (Å²) in [6.45, 7) is 9.84. The monoisotopic (exact) mass is 953 g/mol. The minimum Gasteiger partial charge on any atom is -0.507 e. The van der Waals surface area contributed by atoms with Crippen LogP contribution in [-0.2, 0) is 16.1 Å². The molecule has 0 saturated carbocycles. The van der Waals surface area contributed by atoms with Gasteiger partial charge in [-0.05, 0) is 93.6 Å². The van der Waals surface area contributed by atoms with Crippen LogP contribution in [0.3, 0.4) is 0 Å². The van der Waals surface area contributed by atoms with Crippen LogP contribution in [0.4, 0.5) is 22.9 Å². The van der Waals surface area contributed by atoms with Gasteiger partial charge in [0.1, 0.15) is 29.3 Å². The van der Waals surface area contributed by atoms with E-state index >= 15 is 0 Å². The van der Waals surface area contributed by atoms with E-state index in [9.17, 15) is 24.3 Å². The number of piperidine rings is 2. The van der Waals surface area contributed by atoms with Gasteiger partial charge < -0.3 is 30.7 Å². The number of imide groups is 2. The van der Waals surface area contributed by atoms with Gasteiger partial charge in [-0.1, -0.05) is 62.4 Å². The van der Waals surface area contributed by atoms with Crippen LogP contribution < -0.4 is 30.9 Å². The van der Waals surface area contributed by atoms with Crippen molar-refractivity contribution in [2.75, 3.05) is 66.7 Å². The average Bonchev–Trinajstić information content (AvgIpc) is 3.95. The van der Waals surface area contributed by atoms with Gasteiger partial charge in [-0.3, -0.25) is 39.0 Å². The number of carbonyl (C=O) groups excluding carboxylic acids is 4. The second-order valence-corrected chi connectivity index (χ2v) is 18.8. The topological polar surface area (TPSA) is 217 Å². The smallest absolute Gasteiger partial charge is 0.264 e. The number of rotatable bonds is 20. The number of ether oxygens (including phenoxy) is 1. The van der Waals surface area contributed by atoms with Crippen LogP contribution in [0.2, 0.25) is 0 Å². The Balaban J connectivity index is 0.642. The predicted molar refractivity (Wildman–Crippen MR) is 267 cm³/mol.